The molecular formula is C12H21N3O2S. The van der Waals surface area contributed by atoms with E-state index >= 15 is 0 Å². The van der Waals surface area contributed by atoms with E-state index in [0.29, 0.717) is 23.3 Å². The largest absolute Gasteiger partial charge is 0.409 e. The summed E-state index contributed by atoms with van der Waals surface area (Å²) in [4.78, 5) is 14.5. The second-order valence-corrected chi connectivity index (χ2v) is 7.27. The van der Waals surface area contributed by atoms with Gasteiger partial charge in [0, 0.05) is 23.6 Å². The first-order valence-corrected chi connectivity index (χ1v) is 7.36. The van der Waals surface area contributed by atoms with E-state index < -0.39 is 5.41 Å². The molecule has 2 rings (SSSR count). The maximum absolute atomic E-state index is 12.6. The summed E-state index contributed by atoms with van der Waals surface area (Å²) in [5, 5.41) is 12.8. The molecule has 1 saturated carbocycles. The van der Waals surface area contributed by atoms with Gasteiger partial charge in [-0.15, -0.1) is 0 Å². The van der Waals surface area contributed by atoms with Crippen LogP contribution in [0.15, 0.2) is 5.16 Å². The molecule has 3 N–H and O–H groups in total. The molecule has 2 aliphatic rings. The van der Waals surface area contributed by atoms with Gasteiger partial charge in [-0.1, -0.05) is 25.4 Å². The molecule has 2 atom stereocenters. The van der Waals surface area contributed by atoms with Crippen LogP contribution >= 0.6 is 11.8 Å². The first kappa shape index (κ1) is 13.5. The topological polar surface area (TPSA) is 78.9 Å². The molecule has 1 aliphatic carbocycles. The highest BCUT2D eigenvalue weighted by Gasteiger charge is 2.50. The van der Waals surface area contributed by atoms with Gasteiger partial charge in [0.1, 0.15) is 5.41 Å². The summed E-state index contributed by atoms with van der Waals surface area (Å²) in [5.74, 6) is 0.125. The number of rotatable bonds is 2. The van der Waals surface area contributed by atoms with E-state index in [1.54, 1.807) is 0 Å². The van der Waals surface area contributed by atoms with Crippen LogP contribution < -0.4 is 5.73 Å². The van der Waals surface area contributed by atoms with E-state index in [9.17, 15) is 4.79 Å². The molecule has 0 aromatic carbocycles. The summed E-state index contributed by atoms with van der Waals surface area (Å²) in [6, 6.07) is 0. The summed E-state index contributed by atoms with van der Waals surface area (Å²) in [7, 11) is 0. The average molecular weight is 271 g/mol. The van der Waals surface area contributed by atoms with Crippen LogP contribution in [0.1, 0.15) is 33.1 Å². The summed E-state index contributed by atoms with van der Waals surface area (Å²) in [5.41, 5.74) is 5.01. The Morgan fingerprint density at radius 1 is 1.39 bits per heavy atom. The van der Waals surface area contributed by atoms with Crippen LogP contribution in [0.5, 0.6) is 0 Å². The monoisotopic (exact) mass is 271 g/mol. The molecule has 102 valence electrons. The van der Waals surface area contributed by atoms with E-state index in [4.69, 9.17) is 10.9 Å². The minimum atomic E-state index is -0.726. The predicted octanol–water partition coefficient (Wildman–Crippen LogP) is 1.26. The number of amidine groups is 1. The molecule has 0 aromatic rings. The van der Waals surface area contributed by atoms with Crippen LogP contribution in [0.3, 0.4) is 0 Å². The first-order chi connectivity index (χ1) is 8.49. The molecule has 5 nitrogen and oxygen atoms in total. The lowest BCUT2D eigenvalue weighted by atomic mass is 9.66. The molecule has 0 bridgehead atoms. The van der Waals surface area contributed by atoms with Crippen molar-refractivity contribution in [2.75, 3.05) is 13.1 Å². The third-order valence-electron chi connectivity index (χ3n) is 3.92. The summed E-state index contributed by atoms with van der Waals surface area (Å²) in [6.45, 7) is 5.79. The third-order valence-corrected chi connectivity index (χ3v) is 5.15. The Morgan fingerprint density at radius 3 is 2.33 bits per heavy atom. The Bertz CT molecular complexity index is 358. The van der Waals surface area contributed by atoms with Gasteiger partial charge in [-0.2, -0.15) is 11.8 Å². The Hall–Kier alpha value is -0.910. The van der Waals surface area contributed by atoms with Gasteiger partial charge in [-0.25, -0.2) is 0 Å². The van der Waals surface area contributed by atoms with Crippen LogP contribution in [-0.4, -0.2) is 45.4 Å². The lowest BCUT2D eigenvalue weighted by Crippen LogP contribution is -2.58. The molecule has 1 aliphatic heterocycles. The quantitative estimate of drug-likeness (QED) is 0.343. The van der Waals surface area contributed by atoms with Gasteiger partial charge in [0.25, 0.3) is 0 Å². The number of thioether (sulfide) groups is 1. The highest BCUT2D eigenvalue weighted by Crippen LogP contribution is 2.43. The second kappa shape index (κ2) is 4.99. The van der Waals surface area contributed by atoms with Gasteiger partial charge in [0.2, 0.25) is 5.91 Å². The van der Waals surface area contributed by atoms with Crippen molar-refractivity contribution >= 4 is 23.5 Å². The first-order valence-electron chi connectivity index (χ1n) is 6.42. The smallest absolute Gasteiger partial charge is 0.236 e. The molecule has 0 aromatic heterocycles. The molecule has 0 radical (unpaired) electrons. The number of amides is 1. The van der Waals surface area contributed by atoms with Gasteiger partial charge in [-0.3, -0.25) is 4.79 Å². The van der Waals surface area contributed by atoms with E-state index in [2.05, 4.69) is 19.0 Å². The lowest BCUT2D eigenvalue weighted by Gasteiger charge is -2.45. The maximum atomic E-state index is 12.6. The van der Waals surface area contributed by atoms with Gasteiger partial charge < -0.3 is 15.8 Å². The zero-order chi connectivity index (χ0) is 13.3. The number of nitrogens with zero attached hydrogens (tertiary/aromatic N) is 2. The SMILES string of the molecule is CC1CN(C(=O)C2(C(N)=NO)CCC2)CC(C)S1. The predicted molar refractivity (Wildman–Crippen MR) is 72.8 cm³/mol. The van der Waals surface area contributed by atoms with Crippen LogP contribution in [0.25, 0.3) is 0 Å². The summed E-state index contributed by atoms with van der Waals surface area (Å²) < 4.78 is 0. The normalized spacial score (nSPS) is 31.9. The number of hydrogen-bond donors (Lipinski definition) is 2. The minimum Gasteiger partial charge on any atom is -0.409 e. The number of nitrogens with two attached hydrogens (primary N) is 1. The lowest BCUT2D eigenvalue weighted by molar-refractivity contribution is -0.142. The van der Waals surface area contributed by atoms with Crippen LogP contribution in [0, 0.1) is 5.41 Å². The maximum Gasteiger partial charge on any atom is 0.236 e. The second-order valence-electron chi connectivity index (χ2n) is 5.39. The molecule has 0 spiro atoms. The number of hydrogen-bond acceptors (Lipinski definition) is 4. The van der Waals surface area contributed by atoms with E-state index in [-0.39, 0.29) is 11.7 Å². The number of oxime groups is 1. The molecule has 1 heterocycles. The van der Waals surface area contributed by atoms with Crippen molar-refractivity contribution in [3.05, 3.63) is 0 Å². The fraction of sp³-hybridized carbons (Fsp3) is 0.833. The fourth-order valence-electron chi connectivity index (χ4n) is 2.85. The van der Waals surface area contributed by atoms with Gasteiger partial charge in [-0.05, 0) is 12.8 Å². The molecule has 1 amide bonds. The number of carbonyl (C=O) groups is 1. The van der Waals surface area contributed by atoms with Crippen molar-refractivity contribution in [1.29, 1.82) is 0 Å². The van der Waals surface area contributed by atoms with Crippen LogP contribution in [0.2, 0.25) is 0 Å². The summed E-state index contributed by atoms with van der Waals surface area (Å²) >= 11 is 1.91. The molecule has 18 heavy (non-hydrogen) atoms. The van der Waals surface area contributed by atoms with E-state index in [1.807, 2.05) is 16.7 Å². The van der Waals surface area contributed by atoms with Gasteiger partial charge in [0.15, 0.2) is 5.84 Å². The molecule has 2 fully saturated rings. The van der Waals surface area contributed by atoms with Crippen molar-refractivity contribution in [3.8, 4) is 0 Å². The highest BCUT2D eigenvalue weighted by atomic mass is 32.2. The van der Waals surface area contributed by atoms with Crippen LogP contribution in [0.4, 0.5) is 0 Å². The highest BCUT2D eigenvalue weighted by molar-refractivity contribution is 8.00. The van der Waals surface area contributed by atoms with Crippen molar-refractivity contribution < 1.29 is 10.0 Å². The van der Waals surface area contributed by atoms with E-state index in [1.165, 1.54) is 0 Å². The zero-order valence-electron chi connectivity index (χ0n) is 10.9. The minimum absolute atomic E-state index is 0.0445. The van der Waals surface area contributed by atoms with Crippen LogP contribution in [-0.2, 0) is 4.79 Å². The molecular weight excluding hydrogens is 250 g/mol. The molecule has 2 unspecified atom stereocenters. The molecule has 6 heteroatoms. The Labute approximate surface area is 112 Å². The van der Waals surface area contributed by atoms with Crippen molar-refractivity contribution in [3.63, 3.8) is 0 Å². The van der Waals surface area contributed by atoms with E-state index in [0.717, 1.165) is 19.5 Å². The third kappa shape index (κ3) is 2.18. The van der Waals surface area contributed by atoms with Gasteiger partial charge >= 0.3 is 0 Å². The standard InChI is InChI=1S/C12H21N3O2S/c1-8-6-15(7-9(2)18-8)11(16)12(4-3-5-12)10(13)14-17/h8-9,17H,3-7H2,1-2H3,(H2,13,14). The Morgan fingerprint density at radius 2 is 1.94 bits per heavy atom. The van der Waals surface area contributed by atoms with Crippen molar-refractivity contribution in [1.82, 2.24) is 4.90 Å². The van der Waals surface area contributed by atoms with Gasteiger partial charge in [0.05, 0.1) is 0 Å². The zero-order valence-corrected chi connectivity index (χ0v) is 11.7. The summed E-state index contributed by atoms with van der Waals surface area (Å²) in [6.07, 6.45) is 2.37. The van der Waals surface area contributed by atoms with Crippen molar-refractivity contribution in [2.45, 2.75) is 43.6 Å². The Balaban J connectivity index is 2.15. The average Bonchev–Trinajstić information content (AvgIpc) is 2.25. The van der Waals surface area contributed by atoms with Crippen molar-refractivity contribution in [2.24, 2.45) is 16.3 Å². The fourth-order valence-corrected chi connectivity index (χ4v) is 4.18. The Kier molecular flexibility index (Phi) is 3.75. The number of carbonyl (C=O) groups excluding carboxylic acids is 1. The molecule has 1 saturated heterocycles.